The van der Waals surface area contributed by atoms with Gasteiger partial charge in [0.1, 0.15) is 5.75 Å². The van der Waals surface area contributed by atoms with Gasteiger partial charge in [0.25, 0.3) is 5.91 Å². The standard InChI is InChI=1S/C13H16BrNO2/c1-3-7-17-12-6-4-5-11(8-12)13(16)15-9-10(2)14/h4-6,8H,2-3,7,9H2,1H3,(H,15,16). The van der Waals surface area contributed by atoms with Crippen molar-refractivity contribution in [3.8, 4) is 5.75 Å². The fourth-order valence-electron chi connectivity index (χ4n) is 1.23. The predicted molar refractivity (Wildman–Crippen MR) is 72.6 cm³/mol. The number of halogens is 1. The lowest BCUT2D eigenvalue weighted by atomic mass is 10.2. The van der Waals surface area contributed by atoms with Crippen LogP contribution in [0.3, 0.4) is 0 Å². The zero-order valence-corrected chi connectivity index (χ0v) is 11.4. The van der Waals surface area contributed by atoms with Gasteiger partial charge in [0.2, 0.25) is 0 Å². The van der Waals surface area contributed by atoms with Crippen molar-refractivity contribution in [2.75, 3.05) is 13.2 Å². The molecule has 1 rings (SSSR count). The maximum atomic E-state index is 11.7. The third-order valence-electron chi connectivity index (χ3n) is 2.01. The first-order valence-corrected chi connectivity index (χ1v) is 6.27. The Hall–Kier alpha value is -1.29. The summed E-state index contributed by atoms with van der Waals surface area (Å²) in [5.74, 6) is 0.588. The molecule has 0 spiro atoms. The Kier molecular flexibility index (Phi) is 5.77. The Morgan fingerprint density at radius 1 is 1.53 bits per heavy atom. The SMILES string of the molecule is C=C(Br)CNC(=O)c1cccc(OCCC)c1. The summed E-state index contributed by atoms with van der Waals surface area (Å²) in [6.07, 6.45) is 0.944. The van der Waals surface area contributed by atoms with Gasteiger partial charge in [0.15, 0.2) is 0 Å². The van der Waals surface area contributed by atoms with Crippen molar-refractivity contribution < 1.29 is 9.53 Å². The van der Waals surface area contributed by atoms with Gasteiger partial charge < -0.3 is 10.1 Å². The maximum Gasteiger partial charge on any atom is 0.251 e. The van der Waals surface area contributed by atoms with Gasteiger partial charge in [-0.1, -0.05) is 35.5 Å². The van der Waals surface area contributed by atoms with Crippen molar-refractivity contribution in [2.24, 2.45) is 0 Å². The summed E-state index contributed by atoms with van der Waals surface area (Å²) in [4.78, 5) is 11.7. The molecule has 0 heterocycles. The van der Waals surface area contributed by atoms with Crippen LogP contribution in [0.5, 0.6) is 5.75 Å². The Labute approximate surface area is 110 Å². The first-order chi connectivity index (χ1) is 8.13. The summed E-state index contributed by atoms with van der Waals surface area (Å²) in [7, 11) is 0. The lowest BCUT2D eigenvalue weighted by molar-refractivity contribution is 0.0957. The van der Waals surface area contributed by atoms with E-state index in [4.69, 9.17) is 4.74 Å². The molecular formula is C13H16BrNO2. The smallest absolute Gasteiger partial charge is 0.251 e. The van der Waals surface area contributed by atoms with Crippen LogP contribution in [0.15, 0.2) is 35.3 Å². The minimum atomic E-state index is -0.132. The quantitative estimate of drug-likeness (QED) is 0.876. The summed E-state index contributed by atoms with van der Waals surface area (Å²) in [6, 6.07) is 7.14. The van der Waals surface area contributed by atoms with Crippen LogP contribution >= 0.6 is 15.9 Å². The van der Waals surface area contributed by atoms with E-state index in [9.17, 15) is 4.79 Å². The van der Waals surface area contributed by atoms with Crippen molar-refractivity contribution in [3.63, 3.8) is 0 Å². The molecule has 4 heteroatoms. The van der Waals surface area contributed by atoms with Crippen LogP contribution < -0.4 is 10.1 Å². The van der Waals surface area contributed by atoms with E-state index in [2.05, 4.69) is 27.8 Å². The molecule has 0 aliphatic heterocycles. The van der Waals surface area contributed by atoms with Gasteiger partial charge in [-0.15, -0.1) is 0 Å². The molecule has 1 amide bonds. The molecule has 0 aliphatic carbocycles. The van der Waals surface area contributed by atoms with Crippen LogP contribution in [-0.4, -0.2) is 19.1 Å². The molecule has 1 aromatic rings. The van der Waals surface area contributed by atoms with E-state index >= 15 is 0 Å². The molecule has 17 heavy (non-hydrogen) atoms. The van der Waals surface area contributed by atoms with E-state index in [-0.39, 0.29) is 5.91 Å². The second kappa shape index (κ2) is 7.12. The lowest BCUT2D eigenvalue weighted by Gasteiger charge is -2.07. The van der Waals surface area contributed by atoms with Gasteiger partial charge >= 0.3 is 0 Å². The molecule has 0 radical (unpaired) electrons. The number of ether oxygens (including phenoxy) is 1. The third kappa shape index (κ3) is 5.04. The van der Waals surface area contributed by atoms with Crippen LogP contribution in [0.4, 0.5) is 0 Å². The van der Waals surface area contributed by atoms with E-state index in [0.717, 1.165) is 16.7 Å². The van der Waals surface area contributed by atoms with Crippen molar-refractivity contribution in [3.05, 3.63) is 40.9 Å². The molecule has 1 aromatic carbocycles. The van der Waals surface area contributed by atoms with Crippen molar-refractivity contribution >= 4 is 21.8 Å². The van der Waals surface area contributed by atoms with Crippen molar-refractivity contribution in [1.29, 1.82) is 0 Å². The molecular weight excluding hydrogens is 282 g/mol. The number of carbonyl (C=O) groups excluding carboxylic acids is 1. The molecule has 0 aromatic heterocycles. The van der Waals surface area contributed by atoms with Gasteiger partial charge in [0.05, 0.1) is 6.61 Å². The Bertz CT molecular complexity index is 404. The molecule has 3 nitrogen and oxygen atoms in total. The van der Waals surface area contributed by atoms with Crippen LogP contribution in [-0.2, 0) is 0 Å². The highest BCUT2D eigenvalue weighted by molar-refractivity contribution is 9.11. The molecule has 0 bridgehead atoms. The summed E-state index contributed by atoms with van der Waals surface area (Å²) in [5, 5.41) is 2.74. The normalized spacial score (nSPS) is 9.76. The van der Waals surface area contributed by atoms with E-state index in [1.165, 1.54) is 0 Å². The first-order valence-electron chi connectivity index (χ1n) is 5.48. The topological polar surface area (TPSA) is 38.3 Å². The van der Waals surface area contributed by atoms with E-state index in [1.807, 2.05) is 19.1 Å². The largest absolute Gasteiger partial charge is 0.494 e. The average molecular weight is 298 g/mol. The lowest BCUT2D eigenvalue weighted by Crippen LogP contribution is -2.24. The number of nitrogens with one attached hydrogen (secondary N) is 1. The van der Waals surface area contributed by atoms with Crippen molar-refractivity contribution in [1.82, 2.24) is 5.32 Å². The van der Waals surface area contributed by atoms with Gasteiger partial charge in [-0.2, -0.15) is 0 Å². The third-order valence-corrected chi connectivity index (χ3v) is 2.29. The van der Waals surface area contributed by atoms with Gasteiger partial charge in [0, 0.05) is 16.6 Å². The number of rotatable bonds is 6. The Morgan fingerprint density at radius 2 is 2.29 bits per heavy atom. The first kappa shape index (κ1) is 13.8. The summed E-state index contributed by atoms with van der Waals surface area (Å²) < 4.78 is 6.20. The second-order valence-electron chi connectivity index (χ2n) is 3.58. The number of hydrogen-bond donors (Lipinski definition) is 1. The minimum absolute atomic E-state index is 0.132. The zero-order valence-electron chi connectivity index (χ0n) is 9.83. The second-order valence-corrected chi connectivity index (χ2v) is 4.70. The summed E-state index contributed by atoms with van der Waals surface area (Å²) in [6.45, 7) is 6.77. The molecule has 0 saturated heterocycles. The minimum Gasteiger partial charge on any atom is -0.494 e. The number of hydrogen-bond acceptors (Lipinski definition) is 2. The number of carbonyl (C=O) groups is 1. The zero-order chi connectivity index (χ0) is 12.7. The molecule has 92 valence electrons. The Morgan fingerprint density at radius 3 is 2.94 bits per heavy atom. The monoisotopic (exact) mass is 297 g/mol. The fourth-order valence-corrected chi connectivity index (χ4v) is 1.37. The molecule has 0 fully saturated rings. The highest BCUT2D eigenvalue weighted by Gasteiger charge is 2.06. The molecule has 0 aliphatic rings. The van der Waals surface area contributed by atoms with Crippen LogP contribution in [0.1, 0.15) is 23.7 Å². The maximum absolute atomic E-state index is 11.7. The van der Waals surface area contributed by atoms with Crippen LogP contribution in [0.25, 0.3) is 0 Å². The number of benzene rings is 1. The highest BCUT2D eigenvalue weighted by atomic mass is 79.9. The number of amides is 1. The summed E-state index contributed by atoms with van der Waals surface area (Å²) in [5.41, 5.74) is 0.590. The van der Waals surface area contributed by atoms with Gasteiger partial charge in [-0.05, 0) is 24.6 Å². The Balaban J connectivity index is 2.63. The fraction of sp³-hybridized carbons (Fsp3) is 0.308. The van der Waals surface area contributed by atoms with Gasteiger partial charge in [-0.25, -0.2) is 0 Å². The molecule has 0 saturated carbocycles. The van der Waals surface area contributed by atoms with E-state index in [0.29, 0.717) is 18.7 Å². The predicted octanol–water partition coefficient (Wildman–Crippen LogP) is 3.11. The highest BCUT2D eigenvalue weighted by Crippen LogP contribution is 2.13. The van der Waals surface area contributed by atoms with Gasteiger partial charge in [-0.3, -0.25) is 4.79 Å². The molecule has 0 unspecified atom stereocenters. The van der Waals surface area contributed by atoms with E-state index < -0.39 is 0 Å². The van der Waals surface area contributed by atoms with E-state index in [1.54, 1.807) is 12.1 Å². The van der Waals surface area contributed by atoms with Crippen LogP contribution in [0, 0.1) is 0 Å². The summed E-state index contributed by atoms with van der Waals surface area (Å²) >= 11 is 3.19. The van der Waals surface area contributed by atoms with Crippen molar-refractivity contribution in [2.45, 2.75) is 13.3 Å². The molecule has 0 atom stereocenters. The van der Waals surface area contributed by atoms with Crippen LogP contribution in [0.2, 0.25) is 0 Å². The average Bonchev–Trinajstić information content (AvgIpc) is 2.33. The molecule has 1 N–H and O–H groups in total.